The highest BCUT2D eigenvalue weighted by atomic mass is 35.5. The minimum absolute atomic E-state index is 0.182. The predicted octanol–water partition coefficient (Wildman–Crippen LogP) is 3.82. The van der Waals surface area contributed by atoms with E-state index in [0.717, 1.165) is 12.0 Å². The maximum Gasteiger partial charge on any atom is 0.120 e. The second kappa shape index (κ2) is 5.07. The van der Waals surface area contributed by atoms with Crippen molar-refractivity contribution in [2.45, 2.75) is 33.3 Å². The van der Waals surface area contributed by atoms with Crippen LogP contribution in [0.5, 0.6) is 5.75 Å². The number of hydrogen-bond donors (Lipinski definition) is 1. The molecule has 0 aliphatic rings. The molecular weight excluding hydrogens is 224 g/mol. The third-order valence-corrected chi connectivity index (χ3v) is 3.48. The average Bonchev–Trinajstić information content (AvgIpc) is 2.28. The van der Waals surface area contributed by atoms with Gasteiger partial charge in [0.25, 0.3) is 0 Å². The lowest BCUT2D eigenvalue weighted by molar-refractivity contribution is 0.0466. The van der Waals surface area contributed by atoms with Crippen LogP contribution >= 0.6 is 11.6 Å². The van der Waals surface area contributed by atoms with Gasteiger partial charge in [0, 0.05) is 0 Å². The number of aliphatic hydroxyl groups is 1. The predicted molar refractivity (Wildman–Crippen MR) is 67.0 cm³/mol. The Kier molecular flexibility index (Phi) is 4.22. The van der Waals surface area contributed by atoms with Crippen molar-refractivity contribution in [1.82, 2.24) is 0 Å². The molecule has 16 heavy (non-hydrogen) atoms. The summed E-state index contributed by atoms with van der Waals surface area (Å²) in [5, 5.41) is 10.8. The number of ether oxygens (including phenoxy) is 1. The summed E-state index contributed by atoms with van der Waals surface area (Å²) >= 11 is 6.13. The minimum Gasteiger partial charge on any atom is -0.497 e. The van der Waals surface area contributed by atoms with Crippen molar-refractivity contribution >= 4 is 11.6 Å². The monoisotopic (exact) mass is 242 g/mol. The van der Waals surface area contributed by atoms with Crippen molar-refractivity contribution < 1.29 is 9.84 Å². The molecule has 1 unspecified atom stereocenters. The largest absolute Gasteiger partial charge is 0.497 e. The highest BCUT2D eigenvalue weighted by molar-refractivity contribution is 6.31. The lowest BCUT2D eigenvalue weighted by Crippen LogP contribution is -2.21. The maximum absolute atomic E-state index is 10.3. The Hall–Kier alpha value is -0.730. The van der Waals surface area contributed by atoms with E-state index in [9.17, 15) is 5.11 Å². The summed E-state index contributed by atoms with van der Waals surface area (Å²) in [6, 6.07) is 5.37. The van der Waals surface area contributed by atoms with Gasteiger partial charge in [-0.3, -0.25) is 0 Å². The van der Waals surface area contributed by atoms with E-state index >= 15 is 0 Å². The molecule has 0 aliphatic carbocycles. The Morgan fingerprint density at radius 3 is 2.50 bits per heavy atom. The summed E-state index contributed by atoms with van der Waals surface area (Å²) in [4.78, 5) is 0. The van der Waals surface area contributed by atoms with E-state index in [1.54, 1.807) is 13.2 Å². The molecule has 0 heterocycles. The smallest absolute Gasteiger partial charge is 0.120 e. The van der Waals surface area contributed by atoms with Gasteiger partial charge in [0.15, 0.2) is 0 Å². The van der Waals surface area contributed by atoms with E-state index in [0.29, 0.717) is 10.8 Å². The van der Waals surface area contributed by atoms with Crippen molar-refractivity contribution in [1.29, 1.82) is 0 Å². The van der Waals surface area contributed by atoms with Crippen LogP contribution in [0.15, 0.2) is 18.2 Å². The Morgan fingerprint density at radius 1 is 1.44 bits per heavy atom. The maximum atomic E-state index is 10.3. The lowest BCUT2D eigenvalue weighted by Gasteiger charge is -2.30. The van der Waals surface area contributed by atoms with Crippen molar-refractivity contribution in [3.63, 3.8) is 0 Å². The number of hydrogen-bond acceptors (Lipinski definition) is 2. The van der Waals surface area contributed by atoms with E-state index < -0.39 is 6.10 Å². The van der Waals surface area contributed by atoms with Crippen LogP contribution < -0.4 is 4.74 Å². The first-order valence-electron chi connectivity index (χ1n) is 5.44. The van der Waals surface area contributed by atoms with E-state index in [2.05, 4.69) is 6.92 Å². The molecule has 0 saturated heterocycles. The topological polar surface area (TPSA) is 29.5 Å². The first-order valence-corrected chi connectivity index (χ1v) is 5.81. The molecule has 90 valence electrons. The molecule has 0 bridgehead atoms. The van der Waals surface area contributed by atoms with Gasteiger partial charge in [-0.05, 0) is 29.5 Å². The first-order chi connectivity index (χ1) is 7.42. The van der Waals surface area contributed by atoms with Crippen LogP contribution in [0.3, 0.4) is 0 Å². The van der Waals surface area contributed by atoms with Gasteiger partial charge >= 0.3 is 0 Å². The molecule has 1 N–H and O–H groups in total. The molecule has 0 radical (unpaired) electrons. The molecule has 0 aliphatic heterocycles. The first kappa shape index (κ1) is 13.3. The van der Waals surface area contributed by atoms with Gasteiger partial charge in [0.05, 0.1) is 18.2 Å². The Morgan fingerprint density at radius 2 is 2.06 bits per heavy atom. The molecule has 0 fully saturated rings. The SMILES string of the molecule is CCC(C)(C)C(O)c1ccc(OC)cc1Cl. The van der Waals surface area contributed by atoms with Crippen molar-refractivity contribution in [3.05, 3.63) is 28.8 Å². The number of aliphatic hydroxyl groups excluding tert-OH is 1. The fourth-order valence-electron chi connectivity index (χ4n) is 1.47. The zero-order valence-corrected chi connectivity index (χ0v) is 11.0. The molecule has 3 heteroatoms. The quantitative estimate of drug-likeness (QED) is 0.870. The Bertz CT molecular complexity index is 361. The average molecular weight is 243 g/mol. The van der Waals surface area contributed by atoms with Gasteiger partial charge in [-0.25, -0.2) is 0 Å². The van der Waals surface area contributed by atoms with Crippen LogP contribution in [-0.4, -0.2) is 12.2 Å². The molecule has 1 aromatic rings. The molecular formula is C13H19ClO2. The van der Waals surface area contributed by atoms with Crippen LogP contribution in [-0.2, 0) is 0 Å². The van der Waals surface area contributed by atoms with E-state index in [4.69, 9.17) is 16.3 Å². The Balaban J connectivity index is 3.05. The van der Waals surface area contributed by atoms with Crippen LogP contribution in [0.1, 0.15) is 38.9 Å². The number of rotatable bonds is 4. The molecule has 0 amide bonds. The summed E-state index contributed by atoms with van der Waals surface area (Å²) < 4.78 is 5.08. The highest BCUT2D eigenvalue weighted by Crippen LogP contribution is 2.39. The third-order valence-electron chi connectivity index (χ3n) is 3.15. The van der Waals surface area contributed by atoms with Crippen LogP contribution in [0.4, 0.5) is 0 Å². The zero-order valence-electron chi connectivity index (χ0n) is 10.2. The molecule has 0 aromatic heterocycles. The summed E-state index contributed by atoms with van der Waals surface area (Å²) in [7, 11) is 1.59. The number of halogens is 1. The molecule has 1 atom stereocenters. The zero-order chi connectivity index (χ0) is 12.3. The van der Waals surface area contributed by atoms with E-state index in [1.807, 2.05) is 26.0 Å². The van der Waals surface area contributed by atoms with Crippen molar-refractivity contribution in [2.75, 3.05) is 7.11 Å². The molecule has 1 aromatic carbocycles. The van der Waals surface area contributed by atoms with Crippen LogP contribution in [0, 0.1) is 5.41 Å². The van der Waals surface area contributed by atoms with Gasteiger partial charge < -0.3 is 9.84 Å². The Labute approximate surface area is 102 Å². The van der Waals surface area contributed by atoms with Gasteiger partial charge in [0.2, 0.25) is 0 Å². The highest BCUT2D eigenvalue weighted by Gasteiger charge is 2.28. The summed E-state index contributed by atoms with van der Waals surface area (Å²) in [6.45, 7) is 6.11. The normalized spacial score (nSPS) is 13.6. The van der Waals surface area contributed by atoms with Gasteiger partial charge in [-0.1, -0.05) is 38.4 Å². The van der Waals surface area contributed by atoms with E-state index in [1.165, 1.54) is 0 Å². The lowest BCUT2D eigenvalue weighted by atomic mass is 9.80. The van der Waals surface area contributed by atoms with Crippen LogP contribution in [0.25, 0.3) is 0 Å². The van der Waals surface area contributed by atoms with Crippen molar-refractivity contribution in [3.8, 4) is 5.75 Å². The summed E-state index contributed by atoms with van der Waals surface area (Å²) in [5.41, 5.74) is 0.576. The molecule has 0 saturated carbocycles. The fourth-order valence-corrected chi connectivity index (χ4v) is 1.74. The number of methoxy groups -OCH3 is 1. The van der Waals surface area contributed by atoms with Crippen molar-refractivity contribution in [2.24, 2.45) is 5.41 Å². The second-order valence-corrected chi connectivity index (χ2v) is 5.04. The summed E-state index contributed by atoms with van der Waals surface area (Å²) in [5.74, 6) is 0.704. The standard InChI is InChI=1S/C13H19ClO2/c1-5-13(2,3)12(15)10-7-6-9(16-4)8-11(10)14/h6-8,12,15H,5H2,1-4H3. The minimum atomic E-state index is -0.559. The summed E-state index contributed by atoms with van der Waals surface area (Å²) in [6.07, 6.45) is 0.326. The second-order valence-electron chi connectivity index (χ2n) is 4.63. The molecule has 2 nitrogen and oxygen atoms in total. The molecule has 0 spiro atoms. The van der Waals surface area contributed by atoms with Gasteiger partial charge in [0.1, 0.15) is 5.75 Å². The van der Waals surface area contributed by atoms with Gasteiger partial charge in [-0.2, -0.15) is 0 Å². The van der Waals surface area contributed by atoms with Crippen LogP contribution in [0.2, 0.25) is 5.02 Å². The fraction of sp³-hybridized carbons (Fsp3) is 0.538. The number of benzene rings is 1. The molecule has 1 rings (SSSR count). The third kappa shape index (κ3) is 2.69. The van der Waals surface area contributed by atoms with Gasteiger partial charge in [-0.15, -0.1) is 0 Å². The van der Waals surface area contributed by atoms with E-state index in [-0.39, 0.29) is 5.41 Å².